The Hall–Kier alpha value is -1.32. The molecule has 0 saturated carbocycles. The summed E-state index contributed by atoms with van der Waals surface area (Å²) in [5.74, 6) is -0.466. The predicted octanol–water partition coefficient (Wildman–Crippen LogP) is 0.934. The van der Waals surface area contributed by atoms with Crippen molar-refractivity contribution in [3.63, 3.8) is 0 Å². The first-order chi connectivity index (χ1) is 6.62. The van der Waals surface area contributed by atoms with Crippen molar-refractivity contribution in [1.29, 1.82) is 0 Å². The van der Waals surface area contributed by atoms with Crippen LogP contribution >= 0.6 is 0 Å². The lowest BCUT2D eigenvalue weighted by atomic mass is 9.73. The van der Waals surface area contributed by atoms with Crippen molar-refractivity contribution >= 4 is 11.7 Å². The summed E-state index contributed by atoms with van der Waals surface area (Å²) in [5.41, 5.74) is -0.680. The summed E-state index contributed by atoms with van der Waals surface area (Å²) in [7, 11) is 0. The third kappa shape index (κ3) is 1.31. The van der Waals surface area contributed by atoms with Crippen LogP contribution in [0.5, 0.6) is 0 Å². The molecule has 1 aliphatic heterocycles. The van der Waals surface area contributed by atoms with Crippen molar-refractivity contribution in [3.05, 3.63) is 11.8 Å². The van der Waals surface area contributed by atoms with E-state index in [1.165, 1.54) is 0 Å². The summed E-state index contributed by atoms with van der Waals surface area (Å²) < 4.78 is 0. The summed E-state index contributed by atoms with van der Waals surface area (Å²) in [6.07, 6.45) is 1.72. The van der Waals surface area contributed by atoms with E-state index in [9.17, 15) is 9.59 Å². The van der Waals surface area contributed by atoms with Crippen LogP contribution in [-0.2, 0) is 9.59 Å². The third-order valence-electron chi connectivity index (χ3n) is 2.96. The van der Waals surface area contributed by atoms with Crippen LogP contribution in [-0.4, -0.2) is 23.3 Å². The molecule has 4 heteroatoms. The van der Waals surface area contributed by atoms with E-state index in [1.807, 2.05) is 0 Å². The molecule has 14 heavy (non-hydrogen) atoms. The molecule has 1 fully saturated rings. The van der Waals surface area contributed by atoms with E-state index in [0.29, 0.717) is 12.8 Å². The summed E-state index contributed by atoms with van der Waals surface area (Å²) in [6, 6.07) is 0. The van der Waals surface area contributed by atoms with Crippen LogP contribution in [0.4, 0.5) is 0 Å². The largest absolute Gasteiger partial charge is 0.515 e. The Morgan fingerprint density at radius 3 is 2.43 bits per heavy atom. The molecule has 2 N–H and O–H groups in total. The standard InChI is InChI=1S/C10H15NO3/c1-3-10(4-2)8(13)7(6-12)5-11-9(10)14/h6,12H,3-5H2,1-2H3,(H,11,14)/b7-6+. The van der Waals surface area contributed by atoms with Gasteiger partial charge in [-0.25, -0.2) is 0 Å². The molecule has 1 heterocycles. The van der Waals surface area contributed by atoms with Gasteiger partial charge in [0.2, 0.25) is 5.91 Å². The maximum Gasteiger partial charge on any atom is 0.234 e. The number of carbonyl (C=O) groups is 2. The first-order valence-electron chi connectivity index (χ1n) is 4.78. The summed E-state index contributed by atoms with van der Waals surface area (Å²) in [4.78, 5) is 23.5. The molecule has 1 aliphatic rings. The minimum atomic E-state index is -0.965. The Kier molecular flexibility index (Phi) is 2.93. The van der Waals surface area contributed by atoms with Crippen molar-refractivity contribution in [2.24, 2.45) is 5.41 Å². The quantitative estimate of drug-likeness (QED) is 0.393. The van der Waals surface area contributed by atoms with Crippen LogP contribution in [0.15, 0.2) is 11.8 Å². The Morgan fingerprint density at radius 1 is 1.43 bits per heavy atom. The fourth-order valence-corrected chi connectivity index (χ4v) is 1.83. The van der Waals surface area contributed by atoms with Crippen molar-refractivity contribution in [1.82, 2.24) is 5.32 Å². The van der Waals surface area contributed by atoms with Crippen molar-refractivity contribution in [2.75, 3.05) is 6.54 Å². The zero-order valence-corrected chi connectivity index (χ0v) is 8.46. The molecule has 1 amide bonds. The minimum absolute atomic E-state index is 0.135. The van der Waals surface area contributed by atoms with Crippen molar-refractivity contribution < 1.29 is 14.7 Å². The zero-order valence-electron chi connectivity index (χ0n) is 8.46. The molecular weight excluding hydrogens is 182 g/mol. The van der Waals surface area contributed by atoms with Gasteiger partial charge in [0.15, 0.2) is 5.78 Å². The zero-order chi connectivity index (χ0) is 10.8. The van der Waals surface area contributed by atoms with E-state index in [1.54, 1.807) is 13.8 Å². The van der Waals surface area contributed by atoms with Crippen LogP contribution in [0.1, 0.15) is 26.7 Å². The van der Waals surface area contributed by atoms with Crippen LogP contribution in [0.3, 0.4) is 0 Å². The fourth-order valence-electron chi connectivity index (χ4n) is 1.83. The maximum atomic E-state index is 11.9. The summed E-state index contributed by atoms with van der Waals surface area (Å²) in [5, 5.41) is 11.5. The van der Waals surface area contributed by atoms with Gasteiger partial charge in [0.25, 0.3) is 0 Å². The topological polar surface area (TPSA) is 66.4 Å². The lowest BCUT2D eigenvalue weighted by Gasteiger charge is -2.33. The SMILES string of the molecule is CCC1(CC)C(=O)NC/C(=C\O)C1=O. The molecule has 0 aromatic heterocycles. The van der Waals surface area contributed by atoms with Crippen LogP contribution in [0.2, 0.25) is 0 Å². The highest BCUT2D eigenvalue weighted by molar-refractivity contribution is 6.16. The van der Waals surface area contributed by atoms with Crippen LogP contribution in [0, 0.1) is 5.41 Å². The lowest BCUT2D eigenvalue weighted by molar-refractivity contribution is -0.142. The number of ketones is 1. The van der Waals surface area contributed by atoms with E-state index in [2.05, 4.69) is 5.32 Å². The molecule has 0 bridgehead atoms. The van der Waals surface area contributed by atoms with Crippen LogP contribution < -0.4 is 5.32 Å². The average Bonchev–Trinajstić information content (AvgIpc) is 2.20. The van der Waals surface area contributed by atoms with Crippen molar-refractivity contribution in [2.45, 2.75) is 26.7 Å². The van der Waals surface area contributed by atoms with Gasteiger partial charge in [-0.2, -0.15) is 0 Å². The highest BCUT2D eigenvalue weighted by Crippen LogP contribution is 2.33. The highest BCUT2D eigenvalue weighted by Gasteiger charge is 2.46. The van der Waals surface area contributed by atoms with E-state index in [0.717, 1.165) is 6.26 Å². The Morgan fingerprint density at radius 2 is 2.00 bits per heavy atom. The summed E-state index contributed by atoms with van der Waals surface area (Å²) >= 11 is 0. The van der Waals surface area contributed by atoms with Gasteiger partial charge in [-0.3, -0.25) is 9.59 Å². The Labute approximate surface area is 83.0 Å². The molecule has 0 aromatic rings. The highest BCUT2D eigenvalue weighted by atomic mass is 16.2. The predicted molar refractivity (Wildman–Crippen MR) is 51.7 cm³/mol. The number of amides is 1. The Bertz CT molecular complexity index is 290. The molecule has 1 rings (SSSR count). The fraction of sp³-hybridized carbons (Fsp3) is 0.600. The smallest absolute Gasteiger partial charge is 0.234 e. The second-order valence-corrected chi connectivity index (χ2v) is 3.46. The number of nitrogens with one attached hydrogen (secondary N) is 1. The minimum Gasteiger partial charge on any atom is -0.515 e. The van der Waals surface area contributed by atoms with Gasteiger partial charge in [-0.05, 0) is 12.8 Å². The monoisotopic (exact) mass is 197 g/mol. The first kappa shape index (κ1) is 10.8. The number of aliphatic hydroxyl groups excluding tert-OH is 1. The molecule has 0 radical (unpaired) electrons. The first-order valence-corrected chi connectivity index (χ1v) is 4.78. The molecule has 4 nitrogen and oxygen atoms in total. The number of rotatable bonds is 2. The summed E-state index contributed by atoms with van der Waals surface area (Å²) in [6.45, 7) is 3.75. The molecule has 0 aliphatic carbocycles. The van der Waals surface area contributed by atoms with Gasteiger partial charge < -0.3 is 10.4 Å². The van der Waals surface area contributed by atoms with Gasteiger partial charge in [-0.1, -0.05) is 13.8 Å². The molecule has 0 unspecified atom stereocenters. The lowest BCUT2D eigenvalue weighted by Crippen LogP contribution is -2.52. The Balaban J connectivity index is 3.11. The molecule has 0 aromatic carbocycles. The van der Waals surface area contributed by atoms with Gasteiger partial charge in [-0.15, -0.1) is 0 Å². The van der Waals surface area contributed by atoms with E-state index in [4.69, 9.17) is 5.11 Å². The molecule has 1 saturated heterocycles. The second kappa shape index (κ2) is 3.82. The molecule has 0 atom stereocenters. The van der Waals surface area contributed by atoms with Gasteiger partial charge in [0.05, 0.1) is 6.26 Å². The van der Waals surface area contributed by atoms with Gasteiger partial charge in [0.1, 0.15) is 5.41 Å². The molecule has 78 valence electrons. The van der Waals surface area contributed by atoms with E-state index >= 15 is 0 Å². The average molecular weight is 197 g/mol. The molecule has 0 spiro atoms. The van der Waals surface area contributed by atoms with Crippen molar-refractivity contribution in [3.8, 4) is 0 Å². The van der Waals surface area contributed by atoms with Gasteiger partial charge >= 0.3 is 0 Å². The number of carbonyl (C=O) groups excluding carboxylic acids is 2. The third-order valence-corrected chi connectivity index (χ3v) is 2.96. The second-order valence-electron chi connectivity index (χ2n) is 3.46. The molecular formula is C10H15NO3. The number of piperidine rings is 1. The maximum absolute atomic E-state index is 11.9. The van der Waals surface area contributed by atoms with Gasteiger partial charge in [0, 0.05) is 12.1 Å². The van der Waals surface area contributed by atoms with Crippen LogP contribution in [0.25, 0.3) is 0 Å². The number of Topliss-reactive ketones (excluding diaryl/α,β-unsaturated/α-hetero) is 1. The number of aliphatic hydroxyl groups is 1. The van der Waals surface area contributed by atoms with E-state index < -0.39 is 5.41 Å². The normalized spacial score (nSPS) is 23.7. The number of hydrogen-bond donors (Lipinski definition) is 2. The number of hydrogen-bond acceptors (Lipinski definition) is 3. The van der Waals surface area contributed by atoms with E-state index in [-0.39, 0.29) is 23.8 Å².